The molecule has 1 amide bonds. The van der Waals surface area contributed by atoms with E-state index in [-0.39, 0.29) is 0 Å². The molecule has 0 spiro atoms. The van der Waals surface area contributed by atoms with E-state index in [1.54, 1.807) is 36.3 Å². The van der Waals surface area contributed by atoms with E-state index in [2.05, 4.69) is 5.32 Å². The molecule has 0 aliphatic rings. The van der Waals surface area contributed by atoms with Crippen LogP contribution in [-0.2, 0) is 9.59 Å². The van der Waals surface area contributed by atoms with Gasteiger partial charge in [-0.3, -0.25) is 4.79 Å². The predicted molar refractivity (Wildman–Crippen MR) is 53.8 cm³/mol. The summed E-state index contributed by atoms with van der Waals surface area (Å²) in [5, 5.41) is 11.1. The molecule has 0 aliphatic heterocycles. The van der Waals surface area contributed by atoms with Gasteiger partial charge in [-0.1, -0.05) is 30.3 Å². The Hall–Kier alpha value is -2.28. The molecule has 4 nitrogen and oxygen atoms in total. The number of aliphatic carboxylic acids is 1. The Morgan fingerprint density at radius 2 is 1.93 bits per heavy atom. The summed E-state index contributed by atoms with van der Waals surface area (Å²) in [6, 6.07) is 7.24. The molecule has 1 atom stereocenters. The number of amides is 1. The van der Waals surface area contributed by atoms with Crippen LogP contribution in [0.4, 0.5) is 0 Å². The second kappa shape index (κ2) is 4.82. The molecule has 1 aromatic rings. The minimum absolute atomic E-state index is 0.480. The molecule has 0 saturated heterocycles. The quantitative estimate of drug-likeness (QED) is 0.705. The van der Waals surface area contributed by atoms with Gasteiger partial charge in [0.15, 0.2) is 6.04 Å². The zero-order valence-corrected chi connectivity index (χ0v) is 7.81. The molecule has 1 aromatic carbocycles. The van der Waals surface area contributed by atoms with Gasteiger partial charge in [0.1, 0.15) is 0 Å². The van der Waals surface area contributed by atoms with Crippen LogP contribution in [0.25, 0.3) is 0 Å². The van der Waals surface area contributed by atoms with E-state index >= 15 is 0 Å². The summed E-state index contributed by atoms with van der Waals surface area (Å²) in [5.41, 5.74) is 0.480. The monoisotopic (exact) mass is 203 g/mol. The van der Waals surface area contributed by atoms with Gasteiger partial charge in [-0.25, -0.2) is 4.79 Å². The Balaban J connectivity index is 2.90. The van der Waals surface area contributed by atoms with E-state index in [1.807, 2.05) is 0 Å². The van der Waals surface area contributed by atoms with E-state index in [4.69, 9.17) is 11.5 Å². The molecule has 0 heterocycles. The fourth-order valence-corrected chi connectivity index (χ4v) is 1.11. The minimum atomic E-state index is -1.15. The van der Waals surface area contributed by atoms with Crippen LogP contribution in [0.2, 0.25) is 0 Å². The largest absolute Gasteiger partial charge is 0.479 e. The van der Waals surface area contributed by atoms with Gasteiger partial charge in [-0.2, -0.15) is 0 Å². The maximum Gasteiger partial charge on any atom is 0.330 e. The van der Waals surface area contributed by atoms with Gasteiger partial charge in [-0.05, 0) is 11.5 Å². The zero-order chi connectivity index (χ0) is 11.3. The highest BCUT2D eigenvalue weighted by molar-refractivity contribution is 5.95. The van der Waals surface area contributed by atoms with Crippen LogP contribution in [0.15, 0.2) is 30.3 Å². The van der Waals surface area contributed by atoms with Gasteiger partial charge in [0.2, 0.25) is 0 Å². The van der Waals surface area contributed by atoms with Crippen LogP contribution in [0.5, 0.6) is 0 Å². The first kappa shape index (κ1) is 10.8. The first-order chi connectivity index (χ1) is 7.15. The molecule has 76 valence electrons. The zero-order valence-electron chi connectivity index (χ0n) is 7.81. The molecule has 1 unspecified atom stereocenters. The lowest BCUT2D eigenvalue weighted by Crippen LogP contribution is -2.32. The molecule has 0 bridgehead atoms. The van der Waals surface area contributed by atoms with Crippen LogP contribution in [0, 0.1) is 12.3 Å². The average Bonchev–Trinajstić information content (AvgIpc) is 2.26. The first-order valence-electron chi connectivity index (χ1n) is 4.20. The molecule has 15 heavy (non-hydrogen) atoms. The van der Waals surface area contributed by atoms with Crippen molar-refractivity contribution in [3.8, 4) is 12.3 Å². The summed E-state index contributed by atoms with van der Waals surface area (Å²) in [5.74, 6) is -0.0859. The Kier molecular flexibility index (Phi) is 3.47. The molecule has 0 aliphatic carbocycles. The summed E-state index contributed by atoms with van der Waals surface area (Å²) < 4.78 is 0. The highest BCUT2D eigenvalue weighted by atomic mass is 16.4. The smallest absolute Gasteiger partial charge is 0.330 e. The number of carboxylic acid groups (broad SMARTS) is 1. The molecule has 0 radical (unpaired) electrons. The fraction of sp³-hybridized carbons (Fsp3) is 0.0909. The SMILES string of the molecule is C#CC(=O)NC(C(=O)O)c1ccccc1. The predicted octanol–water partition coefficient (Wildman–Crippen LogP) is 0.562. The van der Waals surface area contributed by atoms with E-state index in [0.717, 1.165) is 0 Å². The molecule has 0 fully saturated rings. The summed E-state index contributed by atoms with van der Waals surface area (Å²) in [6.07, 6.45) is 4.84. The maximum absolute atomic E-state index is 10.9. The molecule has 1 rings (SSSR count). The second-order valence-electron chi connectivity index (χ2n) is 2.80. The second-order valence-corrected chi connectivity index (χ2v) is 2.80. The maximum atomic E-state index is 10.9. The van der Waals surface area contributed by atoms with Gasteiger partial charge in [0, 0.05) is 0 Å². The Labute approximate surface area is 86.9 Å². The van der Waals surface area contributed by atoms with Crippen LogP contribution in [-0.4, -0.2) is 17.0 Å². The van der Waals surface area contributed by atoms with Crippen LogP contribution in [0.1, 0.15) is 11.6 Å². The summed E-state index contributed by atoms with van der Waals surface area (Å²) in [6.45, 7) is 0. The molecular weight excluding hydrogens is 194 g/mol. The molecule has 0 aromatic heterocycles. The average molecular weight is 203 g/mol. The third-order valence-electron chi connectivity index (χ3n) is 1.79. The minimum Gasteiger partial charge on any atom is -0.479 e. The van der Waals surface area contributed by atoms with Crippen molar-refractivity contribution < 1.29 is 14.7 Å². The van der Waals surface area contributed by atoms with Crippen LogP contribution >= 0.6 is 0 Å². The normalized spacial score (nSPS) is 11.1. The van der Waals surface area contributed by atoms with Crippen LogP contribution < -0.4 is 5.32 Å². The number of carboxylic acids is 1. The summed E-state index contributed by atoms with van der Waals surface area (Å²) in [7, 11) is 0. The van der Waals surface area contributed by atoms with Gasteiger partial charge in [0.25, 0.3) is 5.91 Å². The lowest BCUT2D eigenvalue weighted by Gasteiger charge is -2.12. The van der Waals surface area contributed by atoms with Crippen molar-refractivity contribution in [1.29, 1.82) is 0 Å². The van der Waals surface area contributed by atoms with Crippen molar-refractivity contribution in [3.63, 3.8) is 0 Å². The number of hydrogen-bond acceptors (Lipinski definition) is 2. The van der Waals surface area contributed by atoms with Crippen molar-refractivity contribution >= 4 is 11.9 Å². The molecular formula is C11H9NO3. The summed E-state index contributed by atoms with van der Waals surface area (Å²) in [4.78, 5) is 21.8. The number of benzene rings is 1. The van der Waals surface area contributed by atoms with Crippen molar-refractivity contribution in [1.82, 2.24) is 5.32 Å². The number of carbonyl (C=O) groups is 2. The highest BCUT2D eigenvalue weighted by Crippen LogP contribution is 2.12. The van der Waals surface area contributed by atoms with Gasteiger partial charge in [0.05, 0.1) is 0 Å². The first-order valence-corrected chi connectivity index (χ1v) is 4.20. The molecule has 0 saturated carbocycles. The van der Waals surface area contributed by atoms with E-state index in [9.17, 15) is 9.59 Å². The van der Waals surface area contributed by atoms with Crippen molar-refractivity contribution in [2.75, 3.05) is 0 Å². The number of terminal acetylenes is 1. The number of hydrogen-bond donors (Lipinski definition) is 2. The Morgan fingerprint density at radius 3 is 2.40 bits per heavy atom. The van der Waals surface area contributed by atoms with Gasteiger partial charge < -0.3 is 10.4 Å². The van der Waals surface area contributed by atoms with Crippen molar-refractivity contribution in [2.45, 2.75) is 6.04 Å². The van der Waals surface area contributed by atoms with E-state index in [0.29, 0.717) is 5.56 Å². The fourth-order valence-electron chi connectivity index (χ4n) is 1.11. The standard InChI is InChI=1S/C11H9NO3/c1-2-9(13)12-10(11(14)15)8-6-4-3-5-7-8/h1,3-7,10H,(H,12,13)(H,14,15). The lowest BCUT2D eigenvalue weighted by molar-refractivity contribution is -0.141. The third-order valence-corrected chi connectivity index (χ3v) is 1.79. The summed E-state index contributed by atoms with van der Waals surface area (Å²) >= 11 is 0. The number of nitrogens with one attached hydrogen (secondary N) is 1. The number of rotatable bonds is 3. The van der Waals surface area contributed by atoms with Gasteiger partial charge >= 0.3 is 5.97 Å². The Morgan fingerprint density at radius 1 is 1.33 bits per heavy atom. The molecule has 2 N–H and O–H groups in total. The van der Waals surface area contributed by atoms with Gasteiger partial charge in [-0.15, -0.1) is 6.42 Å². The molecule has 4 heteroatoms. The van der Waals surface area contributed by atoms with Crippen LogP contribution in [0.3, 0.4) is 0 Å². The topological polar surface area (TPSA) is 66.4 Å². The van der Waals surface area contributed by atoms with Crippen molar-refractivity contribution in [3.05, 3.63) is 35.9 Å². The lowest BCUT2D eigenvalue weighted by atomic mass is 10.1. The number of carbonyl (C=O) groups excluding carboxylic acids is 1. The highest BCUT2D eigenvalue weighted by Gasteiger charge is 2.20. The van der Waals surface area contributed by atoms with E-state index < -0.39 is 17.9 Å². The van der Waals surface area contributed by atoms with Crippen molar-refractivity contribution in [2.24, 2.45) is 0 Å². The third kappa shape index (κ3) is 2.85. The Bertz CT molecular complexity index is 406. The van der Waals surface area contributed by atoms with E-state index in [1.165, 1.54) is 0 Å².